The third kappa shape index (κ3) is 1.50. The Labute approximate surface area is 54.3 Å². The number of rotatable bonds is 2. The molecule has 0 spiro atoms. The molecule has 1 aliphatic heterocycles. The number of aldehydes is 1. The van der Waals surface area contributed by atoms with Gasteiger partial charge >= 0.3 is 0 Å². The topological polar surface area (TPSA) is 40.5 Å². The highest BCUT2D eigenvalue weighted by molar-refractivity contribution is 5.64. The molecule has 1 heterocycles. The Balaban J connectivity index is 2.32. The van der Waals surface area contributed by atoms with Gasteiger partial charge in [-0.05, 0) is 12.8 Å². The fraction of sp³-hybridized carbons (Fsp3) is 0.667. The minimum Gasteiger partial charge on any atom is -0.365 e. The average molecular weight is 128 g/mol. The molecule has 1 rings (SSSR count). The molecule has 0 aromatic heterocycles. The van der Waals surface area contributed by atoms with E-state index >= 15 is 0 Å². The molecule has 1 N–H and O–H groups in total. The van der Waals surface area contributed by atoms with Crippen LogP contribution in [-0.2, 0) is 4.79 Å². The van der Waals surface area contributed by atoms with Crippen LogP contribution < -0.4 is 0 Å². The van der Waals surface area contributed by atoms with Gasteiger partial charge in [0.2, 0.25) is 6.23 Å². The van der Waals surface area contributed by atoms with Crippen molar-refractivity contribution in [2.45, 2.75) is 12.8 Å². The van der Waals surface area contributed by atoms with Gasteiger partial charge in [-0.25, -0.2) is 0 Å². The van der Waals surface area contributed by atoms with E-state index < -0.39 is 0 Å². The van der Waals surface area contributed by atoms with Crippen LogP contribution in [-0.4, -0.2) is 29.4 Å². The summed E-state index contributed by atoms with van der Waals surface area (Å²) in [6, 6.07) is 0. The summed E-state index contributed by atoms with van der Waals surface area (Å²) in [5.74, 6) is 0. The Morgan fingerprint density at radius 2 is 2.00 bits per heavy atom. The minimum atomic E-state index is -0.118. The minimum absolute atomic E-state index is 0.118. The molecule has 0 amide bonds. The predicted octanol–water partition coefficient (Wildman–Crippen LogP) is 0.143. The number of nitrogens with zero attached hydrogens (tertiary/aromatic N) is 1. The zero-order chi connectivity index (χ0) is 6.69. The lowest BCUT2D eigenvalue weighted by molar-refractivity contribution is -0.113. The Morgan fingerprint density at radius 1 is 1.44 bits per heavy atom. The summed E-state index contributed by atoms with van der Waals surface area (Å²) in [5, 5.41) is 8.83. The predicted molar refractivity (Wildman–Crippen MR) is 32.0 cm³/mol. The summed E-state index contributed by atoms with van der Waals surface area (Å²) < 4.78 is 0. The van der Waals surface area contributed by atoms with Gasteiger partial charge in [0.15, 0.2) is 6.29 Å². The summed E-state index contributed by atoms with van der Waals surface area (Å²) in [6.45, 7) is 1.65. The molecule has 51 valence electrons. The highest BCUT2D eigenvalue weighted by atomic mass is 16.3. The van der Waals surface area contributed by atoms with Crippen LogP contribution in [0.2, 0.25) is 0 Å². The van der Waals surface area contributed by atoms with Gasteiger partial charge in [0.1, 0.15) is 0 Å². The third-order valence-electron chi connectivity index (χ3n) is 1.54. The van der Waals surface area contributed by atoms with Crippen molar-refractivity contribution in [1.82, 2.24) is 4.90 Å². The molecule has 0 saturated carbocycles. The van der Waals surface area contributed by atoms with E-state index in [2.05, 4.69) is 0 Å². The van der Waals surface area contributed by atoms with E-state index in [0.29, 0.717) is 6.29 Å². The van der Waals surface area contributed by atoms with Crippen molar-refractivity contribution in [3.8, 4) is 0 Å². The lowest BCUT2D eigenvalue weighted by atomic mass is 10.4. The van der Waals surface area contributed by atoms with Crippen molar-refractivity contribution in [1.29, 1.82) is 0 Å². The van der Waals surface area contributed by atoms with Crippen molar-refractivity contribution in [2.75, 3.05) is 13.1 Å². The molecule has 9 heavy (non-hydrogen) atoms. The van der Waals surface area contributed by atoms with Gasteiger partial charge in [-0.1, -0.05) is 0 Å². The van der Waals surface area contributed by atoms with Crippen LogP contribution in [0.1, 0.15) is 12.8 Å². The molecular formula is C6H10NO2. The van der Waals surface area contributed by atoms with Gasteiger partial charge in [0.25, 0.3) is 0 Å². The molecule has 1 aliphatic rings. The monoisotopic (exact) mass is 128 g/mol. The van der Waals surface area contributed by atoms with Crippen molar-refractivity contribution in [3.05, 3.63) is 6.23 Å². The second-order valence-electron chi connectivity index (χ2n) is 2.17. The Hall–Kier alpha value is -0.410. The Kier molecular flexibility index (Phi) is 2.19. The van der Waals surface area contributed by atoms with Gasteiger partial charge in [0, 0.05) is 13.1 Å². The normalized spacial score (nSPS) is 21.1. The maximum absolute atomic E-state index is 9.96. The number of aliphatic hydroxyl groups excluding tert-OH is 1. The number of likely N-dealkylation sites (tertiary alicyclic amines) is 1. The van der Waals surface area contributed by atoms with Gasteiger partial charge < -0.3 is 5.11 Å². The van der Waals surface area contributed by atoms with Crippen molar-refractivity contribution in [2.24, 2.45) is 0 Å². The van der Waals surface area contributed by atoms with Crippen LogP contribution in [0, 0.1) is 6.23 Å². The van der Waals surface area contributed by atoms with Gasteiger partial charge in [-0.3, -0.25) is 9.69 Å². The van der Waals surface area contributed by atoms with E-state index in [1.54, 1.807) is 4.90 Å². The second-order valence-corrected chi connectivity index (χ2v) is 2.17. The fourth-order valence-electron chi connectivity index (χ4n) is 1.02. The third-order valence-corrected chi connectivity index (χ3v) is 1.54. The van der Waals surface area contributed by atoms with Crippen molar-refractivity contribution >= 4 is 6.29 Å². The maximum atomic E-state index is 9.96. The van der Waals surface area contributed by atoms with Gasteiger partial charge in [-0.2, -0.15) is 0 Å². The Bertz CT molecular complexity index is 99.2. The summed E-state index contributed by atoms with van der Waals surface area (Å²) in [7, 11) is 0. The summed E-state index contributed by atoms with van der Waals surface area (Å²) >= 11 is 0. The molecule has 1 fully saturated rings. The molecule has 3 heteroatoms. The van der Waals surface area contributed by atoms with E-state index in [1.807, 2.05) is 0 Å². The van der Waals surface area contributed by atoms with Crippen molar-refractivity contribution in [3.63, 3.8) is 0 Å². The molecule has 1 radical (unpaired) electrons. The molecule has 0 unspecified atom stereocenters. The van der Waals surface area contributed by atoms with Crippen LogP contribution in [0.15, 0.2) is 0 Å². The van der Waals surface area contributed by atoms with Crippen LogP contribution in [0.25, 0.3) is 0 Å². The summed E-state index contributed by atoms with van der Waals surface area (Å²) in [5.41, 5.74) is 0. The number of carbonyl (C=O) groups excluding carboxylic acids is 1. The van der Waals surface area contributed by atoms with E-state index in [-0.39, 0.29) is 6.23 Å². The lowest BCUT2D eigenvalue weighted by Crippen LogP contribution is -2.25. The standard InChI is InChI=1S/C6H10NO2/c8-5-6(9)7-3-1-2-4-7/h5,9H,1-4H2. The molecule has 0 aromatic carbocycles. The molecule has 0 aliphatic carbocycles. The van der Waals surface area contributed by atoms with Gasteiger partial charge in [-0.15, -0.1) is 0 Å². The zero-order valence-electron chi connectivity index (χ0n) is 5.21. The first-order valence-electron chi connectivity index (χ1n) is 3.10. The van der Waals surface area contributed by atoms with Crippen molar-refractivity contribution < 1.29 is 9.90 Å². The number of hydrogen-bond acceptors (Lipinski definition) is 3. The Morgan fingerprint density at radius 3 is 2.44 bits per heavy atom. The molecule has 0 aromatic rings. The zero-order valence-corrected chi connectivity index (χ0v) is 5.21. The highest BCUT2D eigenvalue weighted by Gasteiger charge is 2.19. The van der Waals surface area contributed by atoms with Gasteiger partial charge in [0.05, 0.1) is 0 Å². The SMILES string of the molecule is O=C[C](O)N1CCCC1. The van der Waals surface area contributed by atoms with E-state index in [1.165, 1.54) is 0 Å². The number of hydrogen-bond donors (Lipinski definition) is 1. The molecule has 3 nitrogen and oxygen atoms in total. The summed E-state index contributed by atoms with van der Waals surface area (Å²) in [4.78, 5) is 11.7. The lowest BCUT2D eigenvalue weighted by Gasteiger charge is -2.13. The summed E-state index contributed by atoms with van der Waals surface area (Å²) in [6.07, 6.45) is 2.54. The van der Waals surface area contributed by atoms with E-state index in [9.17, 15) is 4.79 Å². The number of aliphatic hydroxyl groups is 1. The van der Waals surface area contributed by atoms with Crippen LogP contribution >= 0.6 is 0 Å². The smallest absolute Gasteiger partial charge is 0.226 e. The largest absolute Gasteiger partial charge is 0.365 e. The molecular weight excluding hydrogens is 118 g/mol. The first-order valence-corrected chi connectivity index (χ1v) is 3.10. The van der Waals surface area contributed by atoms with Crippen LogP contribution in [0.4, 0.5) is 0 Å². The maximum Gasteiger partial charge on any atom is 0.226 e. The first-order chi connectivity index (χ1) is 4.34. The van der Waals surface area contributed by atoms with E-state index in [0.717, 1.165) is 25.9 Å². The quantitative estimate of drug-likeness (QED) is 0.538. The number of carbonyl (C=O) groups is 1. The fourth-order valence-corrected chi connectivity index (χ4v) is 1.02. The second kappa shape index (κ2) is 2.94. The first kappa shape index (κ1) is 6.71. The van der Waals surface area contributed by atoms with Crippen LogP contribution in [0.3, 0.4) is 0 Å². The average Bonchev–Trinajstić information content (AvgIpc) is 2.37. The molecule has 0 bridgehead atoms. The highest BCUT2D eigenvalue weighted by Crippen LogP contribution is 2.12. The molecule has 0 atom stereocenters. The van der Waals surface area contributed by atoms with E-state index in [4.69, 9.17) is 5.11 Å². The molecule has 1 saturated heterocycles. The van der Waals surface area contributed by atoms with Crippen LogP contribution in [0.5, 0.6) is 0 Å².